The molecule has 194 valence electrons. The van der Waals surface area contributed by atoms with Gasteiger partial charge in [0.15, 0.2) is 0 Å². The highest BCUT2D eigenvalue weighted by Gasteiger charge is 2.27. The second-order valence-corrected chi connectivity index (χ2v) is 11.2. The normalized spacial score (nSPS) is 13.6. The van der Waals surface area contributed by atoms with Crippen molar-refractivity contribution in [1.29, 1.82) is 0 Å². The van der Waals surface area contributed by atoms with Crippen LogP contribution in [0.4, 0.5) is 17.1 Å². The second-order valence-electron chi connectivity index (χ2n) is 11.2. The lowest BCUT2D eigenvalue weighted by Crippen LogP contribution is -2.30. The van der Waals surface area contributed by atoms with E-state index >= 15 is 0 Å². The van der Waals surface area contributed by atoms with Gasteiger partial charge in [0, 0.05) is 18.8 Å². The Bertz CT molecular complexity index is 882. The number of hydrogen-bond donors (Lipinski definition) is 0. The molecular formula is C30H48N4O. The summed E-state index contributed by atoms with van der Waals surface area (Å²) in [4.78, 5) is 9.92. The molecule has 0 radical (unpaired) electrons. The quantitative estimate of drug-likeness (QED) is 0.309. The van der Waals surface area contributed by atoms with Crippen molar-refractivity contribution in [1.82, 2.24) is 9.80 Å². The smallest absolute Gasteiger partial charge is 0.119 e. The molecule has 0 N–H and O–H groups in total. The van der Waals surface area contributed by atoms with Crippen LogP contribution < -0.4 is 14.5 Å². The number of rotatable bonds is 14. The third kappa shape index (κ3) is 8.15. The molecule has 0 aromatic heterocycles. The molecule has 3 rings (SSSR count). The van der Waals surface area contributed by atoms with Crippen molar-refractivity contribution >= 4 is 17.1 Å². The van der Waals surface area contributed by atoms with E-state index < -0.39 is 0 Å². The first-order valence-corrected chi connectivity index (χ1v) is 13.4. The summed E-state index contributed by atoms with van der Waals surface area (Å²) in [5, 5.41) is 0. The van der Waals surface area contributed by atoms with E-state index in [4.69, 9.17) is 4.74 Å². The first kappa shape index (κ1) is 27.3. The Morgan fingerprint density at radius 2 is 1.51 bits per heavy atom. The fraction of sp³-hybridized carbons (Fsp3) is 0.600. The molecule has 0 spiro atoms. The minimum absolute atomic E-state index is 0.738. The molecule has 0 aliphatic carbocycles. The van der Waals surface area contributed by atoms with E-state index in [-0.39, 0.29) is 0 Å². The Balaban J connectivity index is 1.82. The molecule has 0 saturated heterocycles. The van der Waals surface area contributed by atoms with Gasteiger partial charge >= 0.3 is 0 Å². The van der Waals surface area contributed by atoms with Crippen LogP contribution in [-0.2, 0) is 6.54 Å². The molecule has 0 fully saturated rings. The van der Waals surface area contributed by atoms with Gasteiger partial charge in [0.05, 0.1) is 25.2 Å². The summed E-state index contributed by atoms with van der Waals surface area (Å²) in [7, 11) is 6.03. The van der Waals surface area contributed by atoms with Crippen molar-refractivity contribution in [3.63, 3.8) is 0 Å². The summed E-state index contributed by atoms with van der Waals surface area (Å²) >= 11 is 0. The minimum Gasteiger partial charge on any atom is -0.497 e. The lowest BCUT2D eigenvalue weighted by atomic mass is 10.1. The fourth-order valence-corrected chi connectivity index (χ4v) is 4.63. The van der Waals surface area contributed by atoms with Crippen LogP contribution in [0.5, 0.6) is 5.75 Å². The Kier molecular flexibility index (Phi) is 10.3. The average Bonchev–Trinajstić information content (AvgIpc) is 3.18. The molecule has 2 aromatic rings. The number of methoxy groups -OCH3 is 1. The van der Waals surface area contributed by atoms with Gasteiger partial charge in [0.2, 0.25) is 0 Å². The van der Waals surface area contributed by atoms with Gasteiger partial charge in [-0.1, -0.05) is 33.8 Å². The minimum atomic E-state index is 0.738. The summed E-state index contributed by atoms with van der Waals surface area (Å²) in [5.41, 5.74) is 5.31. The zero-order valence-corrected chi connectivity index (χ0v) is 23.3. The van der Waals surface area contributed by atoms with Gasteiger partial charge < -0.3 is 19.4 Å². The number of nitrogens with zero attached hydrogens (tertiary/aromatic N) is 4. The van der Waals surface area contributed by atoms with Crippen molar-refractivity contribution < 1.29 is 4.74 Å². The van der Waals surface area contributed by atoms with E-state index in [1.54, 1.807) is 7.11 Å². The van der Waals surface area contributed by atoms with E-state index in [1.807, 2.05) is 0 Å². The zero-order valence-electron chi connectivity index (χ0n) is 23.3. The van der Waals surface area contributed by atoms with Gasteiger partial charge in [-0.2, -0.15) is 0 Å². The second kappa shape index (κ2) is 13.2. The van der Waals surface area contributed by atoms with Gasteiger partial charge in [-0.3, -0.25) is 4.90 Å². The number of fused-ring (bicyclic) bond motifs is 1. The van der Waals surface area contributed by atoms with Crippen molar-refractivity contribution in [2.24, 2.45) is 11.8 Å². The van der Waals surface area contributed by atoms with Crippen molar-refractivity contribution in [2.75, 3.05) is 63.9 Å². The highest BCUT2D eigenvalue weighted by Crippen LogP contribution is 2.41. The van der Waals surface area contributed by atoms with Crippen LogP contribution >= 0.6 is 0 Å². The third-order valence-electron chi connectivity index (χ3n) is 6.85. The summed E-state index contributed by atoms with van der Waals surface area (Å²) in [6.07, 6.45) is 3.66. The van der Waals surface area contributed by atoms with Crippen LogP contribution in [-0.4, -0.2) is 63.9 Å². The van der Waals surface area contributed by atoms with E-state index in [1.165, 1.54) is 48.6 Å². The number of anilines is 3. The molecule has 1 aliphatic heterocycles. The summed E-state index contributed by atoms with van der Waals surface area (Å²) in [5.74, 6) is 2.37. The van der Waals surface area contributed by atoms with E-state index in [2.05, 4.69) is 104 Å². The molecule has 0 saturated carbocycles. The first-order chi connectivity index (χ1) is 16.8. The molecule has 1 aliphatic rings. The van der Waals surface area contributed by atoms with Crippen LogP contribution in [0.15, 0.2) is 42.5 Å². The molecule has 0 atom stereocenters. The first-order valence-electron chi connectivity index (χ1n) is 13.4. The molecule has 0 amide bonds. The topological polar surface area (TPSA) is 22.2 Å². The molecule has 0 unspecified atom stereocenters. The van der Waals surface area contributed by atoms with Gasteiger partial charge in [0.25, 0.3) is 0 Å². The molecule has 1 heterocycles. The number of hydrogen-bond acceptors (Lipinski definition) is 5. The maximum atomic E-state index is 5.38. The molecule has 5 heteroatoms. The average molecular weight is 481 g/mol. The molecule has 35 heavy (non-hydrogen) atoms. The van der Waals surface area contributed by atoms with Gasteiger partial charge in [-0.25, -0.2) is 0 Å². The Hall–Kier alpha value is -2.24. The van der Waals surface area contributed by atoms with E-state index in [9.17, 15) is 0 Å². The third-order valence-corrected chi connectivity index (χ3v) is 6.85. The van der Waals surface area contributed by atoms with Crippen LogP contribution in [0, 0.1) is 11.8 Å². The SMILES string of the molecule is COc1ccc(N2CN(CCCN(C)C)c3cc(CN(CCC(C)C)CCC(C)C)ccc32)cc1. The van der Waals surface area contributed by atoms with Crippen molar-refractivity contribution in [3.05, 3.63) is 48.0 Å². The maximum Gasteiger partial charge on any atom is 0.119 e. The highest BCUT2D eigenvalue weighted by atomic mass is 16.5. The molecule has 5 nitrogen and oxygen atoms in total. The largest absolute Gasteiger partial charge is 0.497 e. The lowest BCUT2D eigenvalue weighted by molar-refractivity contribution is 0.236. The maximum absolute atomic E-state index is 5.38. The van der Waals surface area contributed by atoms with Crippen LogP contribution in [0.1, 0.15) is 52.5 Å². The Labute approximate surface area is 214 Å². The fourth-order valence-electron chi connectivity index (χ4n) is 4.63. The lowest BCUT2D eigenvalue weighted by Gasteiger charge is -2.25. The number of ether oxygens (including phenoxy) is 1. The predicted molar refractivity (Wildman–Crippen MR) is 151 cm³/mol. The molecule has 0 bridgehead atoms. The highest BCUT2D eigenvalue weighted by molar-refractivity contribution is 5.83. The summed E-state index contributed by atoms with van der Waals surface area (Å²) in [6.45, 7) is 15.7. The van der Waals surface area contributed by atoms with Gasteiger partial charge in [-0.15, -0.1) is 0 Å². The van der Waals surface area contributed by atoms with Crippen molar-refractivity contribution in [3.8, 4) is 5.75 Å². The van der Waals surface area contributed by atoms with E-state index in [0.29, 0.717) is 0 Å². The Morgan fingerprint density at radius 1 is 0.857 bits per heavy atom. The number of benzene rings is 2. The van der Waals surface area contributed by atoms with Gasteiger partial charge in [0.1, 0.15) is 5.75 Å². The summed E-state index contributed by atoms with van der Waals surface area (Å²) < 4.78 is 5.38. The molecular weight excluding hydrogens is 432 g/mol. The van der Waals surface area contributed by atoms with Crippen LogP contribution in [0.3, 0.4) is 0 Å². The van der Waals surface area contributed by atoms with Crippen molar-refractivity contribution in [2.45, 2.75) is 53.5 Å². The standard InChI is InChI=1S/C30H48N4O/c1-24(2)15-19-32(20-16-25(3)4)22-26-9-14-29-30(21-26)33(18-8-17-31(5)6)23-34(29)27-10-12-28(35-7)13-11-27/h9-14,21,24-25H,8,15-20,22-23H2,1-7H3. The molecule has 2 aromatic carbocycles. The monoisotopic (exact) mass is 480 g/mol. The summed E-state index contributed by atoms with van der Waals surface area (Å²) in [6, 6.07) is 15.6. The predicted octanol–water partition coefficient (Wildman–Crippen LogP) is 6.46. The zero-order chi connectivity index (χ0) is 25.4. The Morgan fingerprint density at radius 3 is 2.09 bits per heavy atom. The van der Waals surface area contributed by atoms with Crippen LogP contribution in [0.25, 0.3) is 0 Å². The van der Waals surface area contributed by atoms with Gasteiger partial charge in [-0.05, 0) is 107 Å². The van der Waals surface area contributed by atoms with E-state index in [0.717, 1.165) is 50.3 Å². The van der Waals surface area contributed by atoms with Crippen LogP contribution in [0.2, 0.25) is 0 Å².